The van der Waals surface area contributed by atoms with Crippen molar-refractivity contribution in [2.75, 3.05) is 6.54 Å². The van der Waals surface area contributed by atoms with Crippen molar-refractivity contribution >= 4 is 43.7 Å². The van der Waals surface area contributed by atoms with E-state index in [1.54, 1.807) is 12.1 Å². The number of carbonyl (C=O) groups is 3. The van der Waals surface area contributed by atoms with Gasteiger partial charge in [0.2, 0.25) is 11.8 Å². The number of fused-ring (bicyclic) bond motifs is 1. The van der Waals surface area contributed by atoms with E-state index in [0.717, 1.165) is 19.9 Å². The van der Waals surface area contributed by atoms with Gasteiger partial charge in [0.05, 0.1) is 5.56 Å². The minimum Gasteiger partial charge on any atom is -0.352 e. The molecule has 4 rings (SSSR count). The highest BCUT2D eigenvalue weighted by Gasteiger charge is 2.41. The summed E-state index contributed by atoms with van der Waals surface area (Å²) in [6.07, 6.45) is -0.00126. The van der Waals surface area contributed by atoms with Gasteiger partial charge in [0.1, 0.15) is 10.9 Å². The van der Waals surface area contributed by atoms with Crippen LogP contribution in [0.2, 0.25) is 0 Å². The Morgan fingerprint density at radius 1 is 0.949 bits per heavy atom. The Labute approximate surface area is 237 Å². The topological polar surface area (TPSA) is 104 Å². The predicted molar refractivity (Wildman–Crippen MR) is 151 cm³/mol. The molecule has 0 saturated heterocycles. The van der Waals surface area contributed by atoms with Crippen LogP contribution >= 0.6 is 15.9 Å². The van der Waals surface area contributed by atoms with Crippen LogP contribution < -0.4 is 5.32 Å². The molecule has 1 aliphatic rings. The Hall–Kier alpha value is -3.50. The van der Waals surface area contributed by atoms with Crippen molar-refractivity contribution in [1.82, 2.24) is 14.5 Å². The molecule has 10 heteroatoms. The first-order valence-electron chi connectivity index (χ1n) is 12.6. The van der Waals surface area contributed by atoms with Crippen molar-refractivity contribution in [1.29, 1.82) is 0 Å². The summed E-state index contributed by atoms with van der Waals surface area (Å²) in [5.41, 5.74) is 1.76. The van der Waals surface area contributed by atoms with Gasteiger partial charge in [-0.25, -0.2) is 12.7 Å². The normalized spacial score (nSPS) is 14.7. The number of hydrogen-bond donors (Lipinski definition) is 1. The molecule has 0 radical (unpaired) electrons. The number of carbonyl (C=O) groups excluding carboxylic acids is 3. The zero-order valence-corrected chi connectivity index (χ0v) is 24.1. The van der Waals surface area contributed by atoms with Crippen LogP contribution in [-0.2, 0) is 32.6 Å². The van der Waals surface area contributed by atoms with Crippen LogP contribution in [0.1, 0.15) is 41.8 Å². The second-order valence-electron chi connectivity index (χ2n) is 9.65. The molecule has 1 aliphatic heterocycles. The molecule has 0 fully saturated rings. The Kier molecular flexibility index (Phi) is 8.87. The monoisotopic (exact) mass is 611 g/mol. The second kappa shape index (κ2) is 12.1. The third-order valence-electron chi connectivity index (χ3n) is 6.38. The average molecular weight is 613 g/mol. The molecule has 1 N–H and O–H groups in total. The number of nitrogens with zero attached hydrogens (tertiary/aromatic N) is 2. The van der Waals surface area contributed by atoms with Crippen molar-refractivity contribution in [3.05, 3.63) is 100 Å². The Bertz CT molecular complexity index is 1480. The fourth-order valence-corrected chi connectivity index (χ4v) is 6.58. The molecule has 8 nitrogen and oxygen atoms in total. The molecule has 1 heterocycles. The first-order chi connectivity index (χ1) is 18.6. The standard InChI is InChI=1S/C29H30BrN3O5S/c1-20(2)31-28(35)25(18-21-9-4-3-5-10-21)32(19-22-11-8-12-23(30)17-22)27(34)15-16-33-29(36)24-13-6-7-14-26(24)39(33,37)38/h3-14,17,20,25H,15-16,18-19H2,1-2H3,(H,31,35). The molecule has 3 aromatic carbocycles. The lowest BCUT2D eigenvalue weighted by molar-refractivity contribution is -0.141. The maximum absolute atomic E-state index is 13.8. The molecule has 1 atom stereocenters. The minimum atomic E-state index is -4.05. The van der Waals surface area contributed by atoms with Crippen molar-refractivity contribution < 1.29 is 22.8 Å². The van der Waals surface area contributed by atoms with E-state index in [1.807, 2.05) is 68.4 Å². The summed E-state index contributed by atoms with van der Waals surface area (Å²) < 4.78 is 27.6. The van der Waals surface area contributed by atoms with Crippen molar-refractivity contribution in [3.63, 3.8) is 0 Å². The molecular formula is C29H30BrN3O5S. The van der Waals surface area contributed by atoms with Gasteiger partial charge in [-0.3, -0.25) is 14.4 Å². The van der Waals surface area contributed by atoms with Crippen molar-refractivity contribution in [2.45, 2.75) is 50.2 Å². The van der Waals surface area contributed by atoms with Gasteiger partial charge < -0.3 is 10.2 Å². The summed E-state index contributed by atoms with van der Waals surface area (Å²) in [4.78, 5) is 41.5. The highest BCUT2D eigenvalue weighted by atomic mass is 79.9. The molecule has 0 spiro atoms. The fraction of sp³-hybridized carbons (Fsp3) is 0.276. The number of benzene rings is 3. The molecule has 0 aromatic heterocycles. The van der Waals surface area contributed by atoms with Crippen LogP contribution in [0.15, 0.2) is 88.2 Å². The van der Waals surface area contributed by atoms with Crippen LogP contribution in [0.5, 0.6) is 0 Å². The van der Waals surface area contributed by atoms with E-state index in [4.69, 9.17) is 0 Å². The van der Waals surface area contributed by atoms with Gasteiger partial charge in [0, 0.05) is 36.4 Å². The molecule has 0 aliphatic carbocycles. The van der Waals surface area contributed by atoms with Gasteiger partial charge in [-0.1, -0.05) is 70.5 Å². The van der Waals surface area contributed by atoms with Crippen LogP contribution in [0, 0.1) is 0 Å². The second-order valence-corrected chi connectivity index (χ2v) is 12.4. The van der Waals surface area contributed by atoms with E-state index in [0.29, 0.717) is 0 Å². The van der Waals surface area contributed by atoms with Gasteiger partial charge in [-0.2, -0.15) is 0 Å². The van der Waals surface area contributed by atoms with E-state index in [2.05, 4.69) is 21.2 Å². The number of sulfonamides is 1. The number of rotatable bonds is 10. The van der Waals surface area contributed by atoms with E-state index < -0.39 is 27.9 Å². The summed E-state index contributed by atoms with van der Waals surface area (Å²) in [6, 6.07) is 21.8. The molecule has 1 unspecified atom stereocenters. The van der Waals surface area contributed by atoms with E-state index in [1.165, 1.54) is 17.0 Å². The Morgan fingerprint density at radius 2 is 1.62 bits per heavy atom. The molecule has 3 amide bonds. The number of nitrogens with one attached hydrogen (secondary N) is 1. The van der Waals surface area contributed by atoms with Gasteiger partial charge in [0.25, 0.3) is 15.9 Å². The van der Waals surface area contributed by atoms with Gasteiger partial charge in [0.15, 0.2) is 0 Å². The zero-order valence-electron chi connectivity index (χ0n) is 21.7. The van der Waals surface area contributed by atoms with Crippen LogP contribution in [0.4, 0.5) is 0 Å². The summed E-state index contributed by atoms with van der Waals surface area (Å²) in [6.45, 7) is 3.49. The summed E-state index contributed by atoms with van der Waals surface area (Å²) in [5.74, 6) is -1.40. The number of amides is 3. The Morgan fingerprint density at radius 3 is 2.28 bits per heavy atom. The van der Waals surface area contributed by atoms with Crippen molar-refractivity contribution in [2.24, 2.45) is 0 Å². The third kappa shape index (κ3) is 6.57. The quantitative estimate of drug-likeness (QED) is 0.371. The lowest BCUT2D eigenvalue weighted by Crippen LogP contribution is -2.52. The lowest BCUT2D eigenvalue weighted by Gasteiger charge is -2.32. The SMILES string of the molecule is CC(C)NC(=O)C(Cc1ccccc1)N(Cc1cccc(Br)c1)C(=O)CCN1C(=O)c2ccccc2S1(=O)=O. The maximum atomic E-state index is 13.8. The van der Waals surface area contributed by atoms with Crippen molar-refractivity contribution in [3.8, 4) is 0 Å². The number of halogens is 1. The molecule has 3 aromatic rings. The average Bonchev–Trinajstić information content (AvgIpc) is 3.09. The fourth-order valence-electron chi connectivity index (χ4n) is 4.56. The highest BCUT2D eigenvalue weighted by molar-refractivity contribution is 9.10. The van der Waals surface area contributed by atoms with E-state index >= 15 is 0 Å². The smallest absolute Gasteiger partial charge is 0.269 e. The minimum absolute atomic E-state index is 0.0632. The van der Waals surface area contributed by atoms with Crippen LogP contribution in [0.25, 0.3) is 0 Å². The number of hydrogen-bond acceptors (Lipinski definition) is 5. The van der Waals surface area contributed by atoms with Crippen LogP contribution in [-0.4, -0.2) is 54.0 Å². The molecule has 0 bridgehead atoms. The van der Waals surface area contributed by atoms with E-state index in [9.17, 15) is 22.8 Å². The summed E-state index contributed by atoms with van der Waals surface area (Å²) in [5, 5.41) is 2.92. The zero-order chi connectivity index (χ0) is 28.2. The third-order valence-corrected chi connectivity index (χ3v) is 8.72. The first-order valence-corrected chi connectivity index (χ1v) is 14.9. The molecular weight excluding hydrogens is 582 g/mol. The molecule has 39 heavy (non-hydrogen) atoms. The predicted octanol–water partition coefficient (Wildman–Crippen LogP) is 4.15. The Balaban J connectivity index is 1.64. The summed E-state index contributed by atoms with van der Waals surface area (Å²) in [7, 11) is -4.05. The molecule has 204 valence electrons. The van der Waals surface area contributed by atoms with Crippen LogP contribution in [0.3, 0.4) is 0 Å². The molecule has 0 saturated carbocycles. The van der Waals surface area contributed by atoms with Gasteiger partial charge in [-0.15, -0.1) is 0 Å². The lowest BCUT2D eigenvalue weighted by atomic mass is 10.0. The maximum Gasteiger partial charge on any atom is 0.269 e. The van der Waals surface area contributed by atoms with Gasteiger partial charge >= 0.3 is 0 Å². The van der Waals surface area contributed by atoms with E-state index in [-0.39, 0.29) is 48.3 Å². The summed E-state index contributed by atoms with van der Waals surface area (Å²) >= 11 is 3.46. The first kappa shape index (κ1) is 28.5. The largest absolute Gasteiger partial charge is 0.352 e. The van der Waals surface area contributed by atoms with Gasteiger partial charge in [-0.05, 0) is 49.2 Å². The highest BCUT2D eigenvalue weighted by Crippen LogP contribution is 2.30.